The Labute approximate surface area is 121 Å². The number of carbonyl (C=O) groups excluding carboxylic acids is 2. The van der Waals surface area contributed by atoms with E-state index in [0.717, 1.165) is 4.90 Å². The molecule has 1 fully saturated rings. The molecule has 6 nitrogen and oxygen atoms in total. The second kappa shape index (κ2) is 4.80. The number of non-ortho nitro benzene ring substituents is 1. The zero-order chi connectivity index (χ0) is 15.1. The number of hydrogen-bond acceptors (Lipinski definition) is 4. The third kappa shape index (κ3) is 2.03. The summed E-state index contributed by atoms with van der Waals surface area (Å²) in [7, 11) is 0. The topological polar surface area (TPSA) is 80.5 Å². The molecule has 0 saturated carbocycles. The lowest BCUT2D eigenvalue weighted by Crippen LogP contribution is -2.31. The van der Waals surface area contributed by atoms with Gasteiger partial charge >= 0.3 is 0 Å². The fraction of sp³-hybridized carbons (Fsp3) is 0.333. The quantitative estimate of drug-likeness (QED) is 0.361. The van der Waals surface area contributed by atoms with E-state index in [2.05, 4.69) is 0 Å². The first kappa shape index (κ1) is 13.5. The van der Waals surface area contributed by atoms with E-state index in [9.17, 15) is 19.7 Å². The van der Waals surface area contributed by atoms with Crippen molar-refractivity contribution in [3.63, 3.8) is 0 Å². The van der Waals surface area contributed by atoms with E-state index >= 15 is 0 Å². The number of hydrogen-bond donors (Lipinski definition) is 0. The number of benzene rings is 1. The van der Waals surface area contributed by atoms with Gasteiger partial charge in [0.2, 0.25) is 11.8 Å². The molecule has 1 aromatic rings. The van der Waals surface area contributed by atoms with Crippen molar-refractivity contribution in [3.8, 4) is 0 Å². The van der Waals surface area contributed by atoms with E-state index in [0.29, 0.717) is 6.42 Å². The van der Waals surface area contributed by atoms with E-state index in [-0.39, 0.29) is 40.9 Å². The van der Waals surface area contributed by atoms with E-state index in [1.54, 1.807) is 6.07 Å². The van der Waals surface area contributed by atoms with Gasteiger partial charge in [-0.05, 0) is 18.4 Å². The van der Waals surface area contributed by atoms with Crippen LogP contribution in [-0.4, -0.2) is 16.7 Å². The van der Waals surface area contributed by atoms with E-state index in [1.807, 2.05) is 19.1 Å². The molecule has 1 aromatic carbocycles. The number of fused-ring (bicyclic) bond motifs is 1. The standard InChI is InChI=1S/C15H14N2O4/c1-9-4-2-7-12-13(9)15(19)16(14(12)18)10-5-3-6-11(8-10)17(20)21/h2-6,8-9,12-13H,7H2,1H3/t9-,12+,13+/m0/s1. The monoisotopic (exact) mass is 286 g/mol. The van der Waals surface area contributed by atoms with Gasteiger partial charge in [-0.1, -0.05) is 25.1 Å². The molecule has 0 spiro atoms. The fourth-order valence-corrected chi connectivity index (χ4v) is 3.15. The van der Waals surface area contributed by atoms with Crippen LogP contribution in [0.2, 0.25) is 0 Å². The molecule has 6 heteroatoms. The molecule has 1 saturated heterocycles. The number of nitrogens with zero attached hydrogens (tertiary/aromatic N) is 2. The predicted molar refractivity (Wildman–Crippen MR) is 75.5 cm³/mol. The van der Waals surface area contributed by atoms with Crippen molar-refractivity contribution in [2.75, 3.05) is 4.90 Å². The van der Waals surface area contributed by atoms with Crippen LogP contribution in [0.1, 0.15) is 13.3 Å². The van der Waals surface area contributed by atoms with Gasteiger partial charge in [-0.3, -0.25) is 19.7 Å². The highest BCUT2D eigenvalue weighted by Gasteiger charge is 2.50. The number of carbonyl (C=O) groups is 2. The van der Waals surface area contributed by atoms with Crippen LogP contribution < -0.4 is 4.90 Å². The van der Waals surface area contributed by atoms with E-state index in [4.69, 9.17) is 0 Å². The molecule has 1 aliphatic carbocycles. The minimum Gasteiger partial charge on any atom is -0.274 e. The first-order valence-electron chi connectivity index (χ1n) is 6.79. The van der Waals surface area contributed by atoms with Gasteiger partial charge < -0.3 is 0 Å². The van der Waals surface area contributed by atoms with Crippen molar-refractivity contribution in [1.82, 2.24) is 0 Å². The lowest BCUT2D eigenvalue weighted by Gasteiger charge is -2.22. The highest BCUT2D eigenvalue weighted by Crippen LogP contribution is 2.40. The second-order valence-electron chi connectivity index (χ2n) is 5.44. The summed E-state index contributed by atoms with van der Waals surface area (Å²) in [4.78, 5) is 36.4. The van der Waals surface area contributed by atoms with E-state index < -0.39 is 4.92 Å². The van der Waals surface area contributed by atoms with Crippen LogP contribution in [0.15, 0.2) is 36.4 Å². The van der Waals surface area contributed by atoms with Crippen LogP contribution in [-0.2, 0) is 9.59 Å². The highest BCUT2D eigenvalue weighted by molar-refractivity contribution is 6.22. The Kier molecular flexibility index (Phi) is 3.08. The molecule has 3 rings (SSSR count). The third-order valence-electron chi connectivity index (χ3n) is 4.17. The molecule has 0 unspecified atom stereocenters. The van der Waals surface area contributed by atoms with Gasteiger partial charge in [-0.2, -0.15) is 0 Å². The Bertz CT molecular complexity index is 667. The molecule has 0 radical (unpaired) electrons. The maximum Gasteiger partial charge on any atom is 0.271 e. The average molecular weight is 286 g/mol. The summed E-state index contributed by atoms with van der Waals surface area (Å²) >= 11 is 0. The Morgan fingerprint density at radius 2 is 2.05 bits per heavy atom. The van der Waals surface area contributed by atoms with Crippen molar-refractivity contribution >= 4 is 23.2 Å². The van der Waals surface area contributed by atoms with Crippen molar-refractivity contribution in [3.05, 3.63) is 46.5 Å². The van der Waals surface area contributed by atoms with Gasteiger partial charge in [0.05, 0.1) is 22.4 Å². The number of amides is 2. The van der Waals surface area contributed by atoms with E-state index in [1.165, 1.54) is 18.2 Å². The Hall–Kier alpha value is -2.50. The van der Waals surface area contributed by atoms with Gasteiger partial charge in [0, 0.05) is 12.1 Å². The number of allylic oxidation sites excluding steroid dienone is 2. The lowest BCUT2D eigenvalue weighted by atomic mass is 9.78. The summed E-state index contributed by atoms with van der Waals surface area (Å²) in [6, 6.07) is 5.65. The van der Waals surface area contributed by atoms with Gasteiger partial charge in [0.25, 0.3) is 5.69 Å². The number of imide groups is 1. The van der Waals surface area contributed by atoms with Crippen molar-refractivity contribution in [2.45, 2.75) is 13.3 Å². The maximum absolute atomic E-state index is 12.5. The summed E-state index contributed by atoms with van der Waals surface area (Å²) in [5, 5.41) is 10.8. The first-order chi connectivity index (χ1) is 10.0. The second-order valence-corrected chi connectivity index (χ2v) is 5.44. The molecule has 0 aromatic heterocycles. The molecule has 108 valence electrons. The molecule has 3 atom stereocenters. The van der Waals surface area contributed by atoms with Crippen LogP contribution in [0.5, 0.6) is 0 Å². The SMILES string of the molecule is C[C@H]1C=CC[C@H]2C(=O)N(c3cccc([N+](=O)[O-])c3)C(=O)[C@H]12. The smallest absolute Gasteiger partial charge is 0.271 e. The van der Waals surface area contributed by atoms with Gasteiger partial charge in [-0.15, -0.1) is 0 Å². The minimum atomic E-state index is -0.536. The van der Waals surface area contributed by atoms with Crippen molar-refractivity contribution in [2.24, 2.45) is 17.8 Å². The number of nitro benzene ring substituents is 1. The Morgan fingerprint density at radius 3 is 2.71 bits per heavy atom. The van der Waals surface area contributed by atoms with Crippen LogP contribution in [0, 0.1) is 27.9 Å². The molecule has 0 bridgehead atoms. The number of nitro groups is 1. The molecule has 1 aliphatic heterocycles. The highest BCUT2D eigenvalue weighted by atomic mass is 16.6. The molecular weight excluding hydrogens is 272 g/mol. The summed E-state index contributed by atoms with van der Waals surface area (Å²) in [5.41, 5.74) is 0.148. The minimum absolute atomic E-state index is 0.00361. The summed E-state index contributed by atoms with van der Waals surface area (Å²) in [6.45, 7) is 1.91. The van der Waals surface area contributed by atoms with Crippen LogP contribution >= 0.6 is 0 Å². The summed E-state index contributed by atoms with van der Waals surface area (Å²) in [5.74, 6) is -1.23. The fourth-order valence-electron chi connectivity index (χ4n) is 3.15. The first-order valence-corrected chi connectivity index (χ1v) is 6.79. The normalized spacial score (nSPS) is 27.9. The predicted octanol–water partition coefficient (Wildman–Crippen LogP) is 2.30. The van der Waals surface area contributed by atoms with Gasteiger partial charge in [0.15, 0.2) is 0 Å². The van der Waals surface area contributed by atoms with Gasteiger partial charge in [-0.25, -0.2) is 4.90 Å². The zero-order valence-corrected chi connectivity index (χ0v) is 11.4. The Balaban J connectivity index is 2.00. The van der Waals surface area contributed by atoms with Crippen LogP contribution in [0.3, 0.4) is 0 Å². The maximum atomic E-state index is 12.5. The molecule has 21 heavy (non-hydrogen) atoms. The molecular formula is C15H14N2O4. The summed E-state index contributed by atoms with van der Waals surface area (Å²) < 4.78 is 0. The van der Waals surface area contributed by atoms with Crippen molar-refractivity contribution < 1.29 is 14.5 Å². The molecule has 0 N–H and O–H groups in total. The largest absolute Gasteiger partial charge is 0.274 e. The average Bonchev–Trinajstić information content (AvgIpc) is 2.72. The number of anilines is 1. The third-order valence-corrected chi connectivity index (χ3v) is 4.17. The van der Waals surface area contributed by atoms with Crippen molar-refractivity contribution in [1.29, 1.82) is 0 Å². The zero-order valence-electron chi connectivity index (χ0n) is 11.4. The summed E-state index contributed by atoms with van der Waals surface area (Å²) in [6.07, 6.45) is 4.42. The van der Waals surface area contributed by atoms with Gasteiger partial charge in [0.1, 0.15) is 0 Å². The molecule has 2 aliphatic rings. The van der Waals surface area contributed by atoms with Crippen LogP contribution in [0.25, 0.3) is 0 Å². The lowest BCUT2D eigenvalue weighted by molar-refractivity contribution is -0.384. The Morgan fingerprint density at radius 1 is 1.29 bits per heavy atom. The van der Waals surface area contributed by atoms with Crippen LogP contribution in [0.4, 0.5) is 11.4 Å². The molecule has 2 amide bonds. The number of rotatable bonds is 2. The molecule has 1 heterocycles.